The summed E-state index contributed by atoms with van der Waals surface area (Å²) < 4.78 is 0. The fourth-order valence-corrected chi connectivity index (χ4v) is 3.09. The quantitative estimate of drug-likeness (QED) is 0.306. The highest BCUT2D eigenvalue weighted by Gasteiger charge is 2.30. The third-order valence-electron chi connectivity index (χ3n) is 4.72. The number of benzene rings is 1. The predicted molar refractivity (Wildman–Crippen MR) is 110 cm³/mol. The summed E-state index contributed by atoms with van der Waals surface area (Å²) in [6, 6.07) is 4.01. The molecule has 0 unspecified atom stereocenters. The number of fused-ring (bicyclic) bond motifs is 1. The number of rotatable bonds is 10. The van der Waals surface area contributed by atoms with Crippen molar-refractivity contribution in [3.63, 3.8) is 0 Å². The Labute approximate surface area is 173 Å². The molecule has 10 heteroatoms. The van der Waals surface area contributed by atoms with E-state index >= 15 is 0 Å². The van der Waals surface area contributed by atoms with Crippen LogP contribution in [0.4, 0.5) is 0 Å². The van der Waals surface area contributed by atoms with Gasteiger partial charge in [0.2, 0.25) is 17.7 Å². The van der Waals surface area contributed by atoms with Crippen LogP contribution in [0.5, 0.6) is 0 Å². The molecule has 0 radical (unpaired) electrons. The Kier molecular flexibility index (Phi) is 7.54. The van der Waals surface area contributed by atoms with Crippen molar-refractivity contribution >= 4 is 34.6 Å². The van der Waals surface area contributed by atoms with Gasteiger partial charge in [0.25, 0.3) is 0 Å². The summed E-state index contributed by atoms with van der Waals surface area (Å²) >= 11 is 0. The molecule has 1 heterocycles. The van der Waals surface area contributed by atoms with Crippen molar-refractivity contribution in [2.45, 2.75) is 44.8 Å². The van der Waals surface area contributed by atoms with Crippen LogP contribution in [-0.4, -0.2) is 51.9 Å². The molecule has 2 rings (SSSR count). The van der Waals surface area contributed by atoms with Crippen molar-refractivity contribution < 1.29 is 24.3 Å². The fourth-order valence-electron chi connectivity index (χ4n) is 3.09. The van der Waals surface area contributed by atoms with E-state index in [0.717, 1.165) is 16.5 Å². The molecule has 0 saturated heterocycles. The van der Waals surface area contributed by atoms with Gasteiger partial charge in [0.15, 0.2) is 0 Å². The lowest BCUT2D eigenvalue weighted by molar-refractivity contribution is -0.142. The number of hydrogen-bond donors (Lipinski definition) is 6. The molecule has 1 aromatic carbocycles. The number of carbonyl (C=O) groups is 4. The molecule has 10 nitrogen and oxygen atoms in total. The molecule has 2 aromatic rings. The van der Waals surface area contributed by atoms with Gasteiger partial charge in [0, 0.05) is 23.5 Å². The summed E-state index contributed by atoms with van der Waals surface area (Å²) in [5.74, 6) is -3.67. The predicted octanol–water partition coefficient (Wildman–Crippen LogP) is -0.377. The van der Waals surface area contributed by atoms with Crippen molar-refractivity contribution in [2.24, 2.45) is 17.4 Å². The van der Waals surface area contributed by atoms with Crippen molar-refractivity contribution in [1.29, 1.82) is 0 Å². The summed E-state index contributed by atoms with van der Waals surface area (Å²) in [6.07, 6.45) is 1.40. The third kappa shape index (κ3) is 5.80. The van der Waals surface area contributed by atoms with Gasteiger partial charge >= 0.3 is 5.97 Å². The van der Waals surface area contributed by atoms with Gasteiger partial charge in [-0.25, -0.2) is 4.79 Å². The lowest BCUT2D eigenvalue weighted by Gasteiger charge is -2.25. The molecule has 30 heavy (non-hydrogen) atoms. The molecular weight excluding hydrogens is 390 g/mol. The number of carbonyl (C=O) groups excluding carboxylic acids is 3. The van der Waals surface area contributed by atoms with Crippen LogP contribution in [0, 0.1) is 5.92 Å². The molecule has 3 atom stereocenters. The highest BCUT2D eigenvalue weighted by Crippen LogP contribution is 2.19. The van der Waals surface area contributed by atoms with E-state index in [1.807, 2.05) is 24.3 Å². The number of para-hydroxylation sites is 1. The normalized spacial score (nSPS) is 14.1. The first-order valence-corrected chi connectivity index (χ1v) is 9.52. The van der Waals surface area contributed by atoms with Crippen LogP contribution in [0.15, 0.2) is 30.5 Å². The Hall–Kier alpha value is -3.40. The summed E-state index contributed by atoms with van der Waals surface area (Å²) in [5, 5.41) is 15.4. The molecule has 0 aliphatic rings. The van der Waals surface area contributed by atoms with Crippen LogP contribution in [-0.2, 0) is 25.6 Å². The largest absolute Gasteiger partial charge is 0.480 e. The monoisotopic (exact) mass is 417 g/mol. The van der Waals surface area contributed by atoms with E-state index in [-0.39, 0.29) is 18.8 Å². The number of carboxylic acids is 1. The van der Waals surface area contributed by atoms with Gasteiger partial charge in [0.1, 0.15) is 12.1 Å². The van der Waals surface area contributed by atoms with E-state index in [1.54, 1.807) is 20.0 Å². The number of amides is 3. The third-order valence-corrected chi connectivity index (χ3v) is 4.72. The first-order chi connectivity index (χ1) is 14.1. The highest BCUT2D eigenvalue weighted by molar-refractivity contribution is 5.93. The van der Waals surface area contributed by atoms with Gasteiger partial charge in [-0.3, -0.25) is 14.4 Å². The topological polar surface area (TPSA) is 180 Å². The Morgan fingerprint density at radius 2 is 1.77 bits per heavy atom. The van der Waals surface area contributed by atoms with Crippen LogP contribution in [0.25, 0.3) is 10.9 Å². The zero-order chi connectivity index (χ0) is 22.4. The number of aromatic nitrogens is 1. The van der Waals surface area contributed by atoms with Gasteiger partial charge in [-0.2, -0.15) is 0 Å². The van der Waals surface area contributed by atoms with Crippen LogP contribution < -0.4 is 22.1 Å². The minimum atomic E-state index is -1.20. The summed E-state index contributed by atoms with van der Waals surface area (Å²) in [6.45, 7) is 3.39. The molecule has 0 fully saturated rings. The number of primary amides is 1. The van der Waals surface area contributed by atoms with E-state index in [2.05, 4.69) is 15.6 Å². The summed E-state index contributed by atoms with van der Waals surface area (Å²) in [4.78, 5) is 50.7. The van der Waals surface area contributed by atoms with Gasteiger partial charge in [-0.05, 0) is 17.5 Å². The minimum Gasteiger partial charge on any atom is -0.480 e. The number of H-pyrrole nitrogens is 1. The van der Waals surface area contributed by atoms with Crippen LogP contribution in [0.2, 0.25) is 0 Å². The van der Waals surface area contributed by atoms with Crippen molar-refractivity contribution in [3.05, 3.63) is 36.0 Å². The lowest BCUT2D eigenvalue weighted by Crippen LogP contribution is -2.57. The first-order valence-electron chi connectivity index (χ1n) is 9.52. The molecule has 162 valence electrons. The molecule has 0 saturated carbocycles. The molecule has 1 aromatic heterocycles. The second kappa shape index (κ2) is 9.88. The van der Waals surface area contributed by atoms with E-state index in [0.29, 0.717) is 0 Å². The van der Waals surface area contributed by atoms with Crippen LogP contribution >= 0.6 is 0 Å². The van der Waals surface area contributed by atoms with Gasteiger partial charge in [-0.15, -0.1) is 0 Å². The second-order valence-electron chi connectivity index (χ2n) is 7.47. The molecule has 8 N–H and O–H groups in total. The smallest absolute Gasteiger partial charge is 0.326 e. The Morgan fingerprint density at radius 1 is 1.10 bits per heavy atom. The van der Waals surface area contributed by atoms with Gasteiger partial charge in [-0.1, -0.05) is 32.0 Å². The van der Waals surface area contributed by atoms with Gasteiger partial charge < -0.3 is 32.2 Å². The Morgan fingerprint density at radius 3 is 2.37 bits per heavy atom. The highest BCUT2D eigenvalue weighted by atomic mass is 16.4. The van der Waals surface area contributed by atoms with E-state index < -0.39 is 41.8 Å². The van der Waals surface area contributed by atoms with Crippen LogP contribution in [0.3, 0.4) is 0 Å². The zero-order valence-electron chi connectivity index (χ0n) is 16.8. The van der Waals surface area contributed by atoms with Gasteiger partial charge in [0.05, 0.1) is 12.5 Å². The first kappa shape index (κ1) is 22.9. The standard InChI is InChI=1S/C20H27N5O5/c1-10(2)17(25-18(27)13(21)8-16(22)26)19(28)24-15(20(29)30)7-11-9-23-14-6-4-3-5-12(11)14/h3-6,9-10,13,15,17,23H,7-8,21H2,1-2H3,(H2,22,26)(H,24,28)(H,25,27)(H,29,30)/t13-,15-,17-/m0/s1. The van der Waals surface area contributed by atoms with E-state index in [4.69, 9.17) is 11.5 Å². The van der Waals surface area contributed by atoms with E-state index in [1.165, 1.54) is 0 Å². The number of nitrogens with two attached hydrogens (primary N) is 2. The SMILES string of the molecule is CC(C)[C@H](NC(=O)[C@@H](N)CC(N)=O)C(=O)N[C@@H](Cc1c[nH]c2ccccc12)C(=O)O. The lowest BCUT2D eigenvalue weighted by atomic mass is 10.0. The van der Waals surface area contributed by atoms with Crippen molar-refractivity contribution in [2.75, 3.05) is 0 Å². The number of carboxylic acid groups (broad SMARTS) is 1. The average Bonchev–Trinajstić information content (AvgIpc) is 3.07. The molecule has 3 amide bonds. The molecule has 0 bridgehead atoms. The zero-order valence-corrected chi connectivity index (χ0v) is 16.8. The van der Waals surface area contributed by atoms with E-state index in [9.17, 15) is 24.3 Å². The average molecular weight is 417 g/mol. The molecular formula is C20H27N5O5. The van der Waals surface area contributed by atoms with Crippen molar-refractivity contribution in [1.82, 2.24) is 15.6 Å². The maximum Gasteiger partial charge on any atom is 0.326 e. The Bertz CT molecular complexity index is 939. The number of hydrogen-bond acceptors (Lipinski definition) is 5. The number of aromatic amines is 1. The number of aliphatic carboxylic acids is 1. The maximum absolute atomic E-state index is 12.7. The van der Waals surface area contributed by atoms with Crippen molar-refractivity contribution in [3.8, 4) is 0 Å². The maximum atomic E-state index is 12.7. The summed E-state index contributed by atoms with van der Waals surface area (Å²) in [7, 11) is 0. The summed E-state index contributed by atoms with van der Waals surface area (Å²) in [5.41, 5.74) is 12.3. The molecule has 0 spiro atoms. The fraction of sp³-hybridized carbons (Fsp3) is 0.400. The Balaban J connectivity index is 2.12. The van der Waals surface area contributed by atoms with Crippen LogP contribution in [0.1, 0.15) is 25.8 Å². The minimum absolute atomic E-state index is 0.0606. The number of nitrogens with one attached hydrogen (secondary N) is 3. The molecule has 0 aliphatic heterocycles. The molecule has 0 aliphatic carbocycles. The second-order valence-corrected chi connectivity index (χ2v) is 7.47.